The fraction of sp³-hybridized carbons (Fsp3) is 0.0870. The predicted molar refractivity (Wildman–Crippen MR) is 103 cm³/mol. The Hall–Kier alpha value is -3.13. The summed E-state index contributed by atoms with van der Waals surface area (Å²) in [6.07, 6.45) is 2.19. The molecule has 2 nitrogen and oxygen atoms in total. The zero-order chi connectivity index (χ0) is 17.0. The first kappa shape index (κ1) is 14.2. The number of pyridine rings is 1. The molecule has 0 N–H and O–H groups in total. The number of aryl methyl sites for hydroxylation is 2. The van der Waals surface area contributed by atoms with Gasteiger partial charge in [-0.05, 0) is 30.0 Å². The first-order valence-corrected chi connectivity index (χ1v) is 8.52. The molecule has 0 atom stereocenters. The molecule has 5 aromatic rings. The van der Waals surface area contributed by atoms with Crippen molar-refractivity contribution in [3.05, 3.63) is 78.5 Å². The van der Waals surface area contributed by atoms with Crippen LogP contribution in [0.25, 0.3) is 44.0 Å². The van der Waals surface area contributed by atoms with Gasteiger partial charge in [0.1, 0.15) is 18.2 Å². The van der Waals surface area contributed by atoms with Gasteiger partial charge in [0.05, 0.1) is 5.56 Å². The zero-order valence-electron chi connectivity index (χ0n) is 14.3. The highest BCUT2D eigenvalue weighted by Gasteiger charge is 2.20. The van der Waals surface area contributed by atoms with Crippen molar-refractivity contribution >= 4 is 32.7 Å². The van der Waals surface area contributed by atoms with Crippen LogP contribution in [0, 0.1) is 6.92 Å². The van der Waals surface area contributed by atoms with Gasteiger partial charge in [0.15, 0.2) is 6.20 Å². The number of furan rings is 1. The van der Waals surface area contributed by atoms with Crippen molar-refractivity contribution in [2.24, 2.45) is 7.05 Å². The second kappa shape index (κ2) is 5.18. The molecule has 0 aliphatic rings. The Morgan fingerprint density at radius 2 is 1.56 bits per heavy atom. The van der Waals surface area contributed by atoms with Crippen LogP contribution in [0.3, 0.4) is 0 Å². The molecule has 25 heavy (non-hydrogen) atoms. The van der Waals surface area contributed by atoms with Gasteiger partial charge in [0, 0.05) is 22.2 Å². The summed E-state index contributed by atoms with van der Waals surface area (Å²) < 4.78 is 8.46. The fourth-order valence-electron chi connectivity index (χ4n) is 3.74. The van der Waals surface area contributed by atoms with Crippen LogP contribution in [-0.2, 0) is 7.05 Å². The molecule has 0 saturated carbocycles. The van der Waals surface area contributed by atoms with E-state index in [1.807, 2.05) is 12.1 Å². The number of rotatable bonds is 1. The number of para-hydroxylation sites is 1. The van der Waals surface area contributed by atoms with Crippen molar-refractivity contribution in [3.63, 3.8) is 0 Å². The molecule has 0 radical (unpaired) electrons. The second-order valence-electron chi connectivity index (χ2n) is 6.63. The van der Waals surface area contributed by atoms with Crippen LogP contribution in [0.1, 0.15) is 5.56 Å². The number of benzene rings is 3. The SMILES string of the molecule is Cc1ccc2c(oc3ccccc32)c1-c1cc2ccccc2c[n+]1C. The highest BCUT2D eigenvalue weighted by Crippen LogP contribution is 2.37. The van der Waals surface area contributed by atoms with E-state index in [1.165, 1.54) is 38.4 Å². The lowest BCUT2D eigenvalue weighted by molar-refractivity contribution is -0.659. The van der Waals surface area contributed by atoms with Crippen LogP contribution in [-0.4, -0.2) is 0 Å². The second-order valence-corrected chi connectivity index (χ2v) is 6.63. The Labute approximate surface area is 145 Å². The van der Waals surface area contributed by atoms with E-state index >= 15 is 0 Å². The Bertz CT molecular complexity index is 1260. The van der Waals surface area contributed by atoms with Gasteiger partial charge in [0.2, 0.25) is 5.69 Å². The van der Waals surface area contributed by atoms with Crippen LogP contribution >= 0.6 is 0 Å². The number of hydrogen-bond donors (Lipinski definition) is 0. The van der Waals surface area contributed by atoms with E-state index in [0.717, 1.165) is 11.2 Å². The van der Waals surface area contributed by atoms with Crippen LogP contribution < -0.4 is 4.57 Å². The van der Waals surface area contributed by atoms with Crippen molar-refractivity contribution in [1.29, 1.82) is 0 Å². The molecule has 2 heterocycles. The summed E-state index contributed by atoms with van der Waals surface area (Å²) in [6.45, 7) is 2.15. The standard InChI is InChI=1S/C23H18NO/c1-15-11-12-19-18-9-5-6-10-21(18)25-23(19)22(15)20-13-16-7-3-4-8-17(16)14-24(20)2/h3-14H,1-2H3/q+1. The molecule has 2 aromatic heterocycles. The molecule has 0 fully saturated rings. The van der Waals surface area contributed by atoms with Gasteiger partial charge in [-0.15, -0.1) is 0 Å². The molecule has 2 heteroatoms. The topological polar surface area (TPSA) is 17.0 Å². The summed E-state index contributed by atoms with van der Waals surface area (Å²) in [5, 5.41) is 4.82. The van der Waals surface area contributed by atoms with Crippen molar-refractivity contribution in [2.75, 3.05) is 0 Å². The Morgan fingerprint density at radius 3 is 2.44 bits per heavy atom. The summed E-state index contributed by atoms with van der Waals surface area (Å²) in [6, 6.07) is 23.3. The lowest BCUT2D eigenvalue weighted by Crippen LogP contribution is -2.30. The molecule has 0 bridgehead atoms. The van der Waals surface area contributed by atoms with E-state index in [-0.39, 0.29) is 0 Å². The van der Waals surface area contributed by atoms with Crippen molar-refractivity contribution < 1.29 is 8.98 Å². The minimum absolute atomic E-state index is 0.938. The monoisotopic (exact) mass is 324 g/mol. The van der Waals surface area contributed by atoms with Gasteiger partial charge < -0.3 is 4.42 Å². The molecular formula is C23H18NO+. The van der Waals surface area contributed by atoms with Gasteiger partial charge in [-0.1, -0.05) is 48.5 Å². The van der Waals surface area contributed by atoms with Crippen molar-refractivity contribution in [1.82, 2.24) is 0 Å². The molecule has 5 rings (SSSR count). The van der Waals surface area contributed by atoms with E-state index in [0.29, 0.717) is 0 Å². The normalized spacial score (nSPS) is 11.6. The molecule has 120 valence electrons. The molecule has 3 aromatic carbocycles. The van der Waals surface area contributed by atoms with Crippen LogP contribution in [0.4, 0.5) is 0 Å². The summed E-state index contributed by atoms with van der Waals surface area (Å²) in [5.41, 5.74) is 5.46. The first-order chi connectivity index (χ1) is 12.2. The molecular weight excluding hydrogens is 306 g/mol. The van der Waals surface area contributed by atoms with Crippen LogP contribution in [0.2, 0.25) is 0 Å². The van der Waals surface area contributed by atoms with Crippen molar-refractivity contribution in [3.8, 4) is 11.3 Å². The van der Waals surface area contributed by atoms with Gasteiger partial charge in [-0.2, -0.15) is 0 Å². The lowest BCUT2D eigenvalue weighted by atomic mass is 9.99. The highest BCUT2D eigenvalue weighted by atomic mass is 16.3. The lowest BCUT2D eigenvalue weighted by Gasteiger charge is -2.07. The highest BCUT2D eigenvalue weighted by molar-refractivity contribution is 6.09. The van der Waals surface area contributed by atoms with Crippen LogP contribution in [0.5, 0.6) is 0 Å². The third kappa shape index (κ3) is 2.07. The number of fused-ring (bicyclic) bond motifs is 4. The average Bonchev–Trinajstić information content (AvgIpc) is 3.00. The van der Waals surface area contributed by atoms with Gasteiger partial charge in [0.25, 0.3) is 0 Å². The maximum absolute atomic E-state index is 6.27. The fourth-order valence-corrected chi connectivity index (χ4v) is 3.74. The van der Waals surface area contributed by atoms with E-state index < -0.39 is 0 Å². The number of nitrogens with zero attached hydrogens (tertiary/aromatic N) is 1. The smallest absolute Gasteiger partial charge is 0.216 e. The van der Waals surface area contributed by atoms with Crippen molar-refractivity contribution in [2.45, 2.75) is 6.92 Å². The number of hydrogen-bond acceptors (Lipinski definition) is 1. The Morgan fingerprint density at radius 1 is 0.800 bits per heavy atom. The Kier molecular flexibility index (Phi) is 2.95. The maximum atomic E-state index is 6.27. The van der Waals surface area contributed by atoms with Gasteiger partial charge in [-0.25, -0.2) is 4.57 Å². The minimum atomic E-state index is 0.938. The summed E-state index contributed by atoms with van der Waals surface area (Å²) >= 11 is 0. The maximum Gasteiger partial charge on any atom is 0.216 e. The zero-order valence-corrected chi connectivity index (χ0v) is 14.3. The molecule has 0 unspecified atom stereocenters. The van der Waals surface area contributed by atoms with E-state index in [9.17, 15) is 0 Å². The van der Waals surface area contributed by atoms with E-state index in [4.69, 9.17) is 4.42 Å². The predicted octanol–water partition coefficient (Wildman–Crippen LogP) is 5.54. The average molecular weight is 324 g/mol. The minimum Gasteiger partial charge on any atom is -0.455 e. The molecule has 0 saturated heterocycles. The van der Waals surface area contributed by atoms with E-state index in [2.05, 4.69) is 79.3 Å². The molecule has 0 spiro atoms. The molecule has 0 aliphatic heterocycles. The molecule has 0 aliphatic carbocycles. The largest absolute Gasteiger partial charge is 0.455 e. The molecule has 0 amide bonds. The Balaban J connectivity index is 1.92. The quantitative estimate of drug-likeness (QED) is 0.370. The number of aromatic nitrogens is 1. The summed E-state index contributed by atoms with van der Waals surface area (Å²) in [7, 11) is 2.10. The van der Waals surface area contributed by atoms with Crippen LogP contribution in [0.15, 0.2) is 77.3 Å². The third-order valence-corrected chi connectivity index (χ3v) is 5.01. The van der Waals surface area contributed by atoms with Gasteiger partial charge in [-0.3, -0.25) is 0 Å². The summed E-state index contributed by atoms with van der Waals surface area (Å²) in [5.74, 6) is 0. The first-order valence-electron chi connectivity index (χ1n) is 8.52. The third-order valence-electron chi connectivity index (χ3n) is 5.01. The van der Waals surface area contributed by atoms with E-state index in [1.54, 1.807) is 0 Å². The van der Waals surface area contributed by atoms with Gasteiger partial charge >= 0.3 is 0 Å². The summed E-state index contributed by atoms with van der Waals surface area (Å²) in [4.78, 5) is 0.